The first-order valence-electron chi connectivity index (χ1n) is 6.26. The molecule has 0 spiro atoms. The smallest absolute Gasteiger partial charge is 0.245 e. The SMILES string of the molecule is CC1CN(S(=O)(=O)c2c(Br)cc(N)cc2Br)CC(CO)O1. The lowest BCUT2D eigenvalue weighted by Crippen LogP contribution is -2.50. The van der Waals surface area contributed by atoms with Gasteiger partial charge in [0, 0.05) is 27.7 Å². The van der Waals surface area contributed by atoms with Gasteiger partial charge in [-0.25, -0.2) is 8.42 Å². The number of hydrogen-bond acceptors (Lipinski definition) is 5. The lowest BCUT2D eigenvalue weighted by atomic mass is 10.2. The van der Waals surface area contributed by atoms with Crippen LogP contribution in [0.5, 0.6) is 0 Å². The van der Waals surface area contributed by atoms with Crippen molar-refractivity contribution in [2.75, 3.05) is 25.4 Å². The Morgan fingerprint density at radius 3 is 2.48 bits per heavy atom. The summed E-state index contributed by atoms with van der Waals surface area (Å²) < 4.78 is 33.3. The van der Waals surface area contributed by atoms with Crippen molar-refractivity contribution in [1.82, 2.24) is 4.31 Å². The van der Waals surface area contributed by atoms with E-state index in [4.69, 9.17) is 10.5 Å². The molecule has 0 aliphatic carbocycles. The number of hydrogen-bond donors (Lipinski definition) is 2. The predicted octanol–water partition coefficient (Wildman–Crippen LogP) is 1.56. The summed E-state index contributed by atoms with van der Waals surface area (Å²) >= 11 is 6.50. The molecule has 1 aromatic rings. The third kappa shape index (κ3) is 3.59. The van der Waals surface area contributed by atoms with E-state index in [2.05, 4.69) is 31.9 Å². The van der Waals surface area contributed by atoms with Crippen molar-refractivity contribution in [2.24, 2.45) is 0 Å². The summed E-state index contributed by atoms with van der Waals surface area (Å²) in [6, 6.07) is 3.09. The van der Waals surface area contributed by atoms with Crippen molar-refractivity contribution in [3.05, 3.63) is 21.1 Å². The minimum Gasteiger partial charge on any atom is -0.399 e. The van der Waals surface area contributed by atoms with Gasteiger partial charge in [-0.3, -0.25) is 0 Å². The number of nitrogens with two attached hydrogens (primary N) is 1. The Morgan fingerprint density at radius 1 is 1.38 bits per heavy atom. The van der Waals surface area contributed by atoms with Gasteiger partial charge in [-0.05, 0) is 50.9 Å². The van der Waals surface area contributed by atoms with Crippen LogP contribution in [0.15, 0.2) is 26.0 Å². The first kappa shape index (κ1) is 17.2. The minimum absolute atomic E-state index is 0.117. The summed E-state index contributed by atoms with van der Waals surface area (Å²) in [5.74, 6) is 0. The van der Waals surface area contributed by atoms with Crippen LogP contribution < -0.4 is 5.73 Å². The molecule has 0 bridgehead atoms. The molecule has 6 nitrogen and oxygen atoms in total. The zero-order valence-corrected chi connectivity index (χ0v) is 15.3. The van der Waals surface area contributed by atoms with Gasteiger partial charge in [-0.15, -0.1) is 0 Å². The van der Waals surface area contributed by atoms with Gasteiger partial charge in [-0.1, -0.05) is 0 Å². The summed E-state index contributed by atoms with van der Waals surface area (Å²) in [5, 5.41) is 9.23. The molecular weight excluding hydrogens is 428 g/mol. The molecule has 0 saturated carbocycles. The molecular formula is C12H16Br2N2O4S. The summed E-state index contributed by atoms with van der Waals surface area (Å²) in [4.78, 5) is 0.127. The molecule has 1 heterocycles. The van der Waals surface area contributed by atoms with Crippen LogP contribution in [0.2, 0.25) is 0 Å². The summed E-state index contributed by atoms with van der Waals surface area (Å²) in [5.41, 5.74) is 6.15. The van der Waals surface area contributed by atoms with Gasteiger partial charge in [-0.2, -0.15) is 4.31 Å². The van der Waals surface area contributed by atoms with Gasteiger partial charge in [0.05, 0.1) is 18.8 Å². The number of ether oxygens (including phenoxy) is 1. The lowest BCUT2D eigenvalue weighted by Gasteiger charge is -2.35. The number of halogens is 2. The Hall–Kier alpha value is -0.190. The third-order valence-corrected chi connectivity index (χ3v) is 6.82. The number of nitrogens with zero attached hydrogens (tertiary/aromatic N) is 1. The van der Waals surface area contributed by atoms with Crippen molar-refractivity contribution in [3.63, 3.8) is 0 Å². The van der Waals surface area contributed by atoms with Crippen LogP contribution in [0.4, 0.5) is 5.69 Å². The number of nitrogen functional groups attached to an aromatic ring is 1. The van der Waals surface area contributed by atoms with Crippen molar-refractivity contribution >= 4 is 47.6 Å². The van der Waals surface area contributed by atoms with Gasteiger partial charge in [0.15, 0.2) is 0 Å². The second kappa shape index (κ2) is 6.51. The van der Waals surface area contributed by atoms with Crippen molar-refractivity contribution in [1.29, 1.82) is 0 Å². The van der Waals surface area contributed by atoms with Gasteiger partial charge in [0.1, 0.15) is 4.90 Å². The molecule has 0 radical (unpaired) electrons. The Labute approximate surface area is 140 Å². The van der Waals surface area contributed by atoms with Gasteiger partial charge >= 0.3 is 0 Å². The van der Waals surface area contributed by atoms with E-state index < -0.39 is 16.1 Å². The summed E-state index contributed by atoms with van der Waals surface area (Å²) in [7, 11) is -3.72. The maximum Gasteiger partial charge on any atom is 0.245 e. The maximum absolute atomic E-state index is 12.8. The number of aliphatic hydroxyl groups is 1. The zero-order chi connectivity index (χ0) is 15.8. The molecule has 118 valence electrons. The van der Waals surface area contributed by atoms with Crippen LogP contribution in [0.3, 0.4) is 0 Å². The number of benzene rings is 1. The maximum atomic E-state index is 12.8. The highest BCUT2D eigenvalue weighted by Crippen LogP contribution is 2.35. The Kier molecular flexibility index (Phi) is 5.32. The molecule has 0 aromatic heterocycles. The molecule has 1 fully saturated rings. The highest BCUT2D eigenvalue weighted by atomic mass is 79.9. The number of rotatable bonds is 3. The van der Waals surface area contributed by atoms with E-state index in [9.17, 15) is 13.5 Å². The second-order valence-electron chi connectivity index (χ2n) is 4.89. The normalized spacial score (nSPS) is 24.2. The molecule has 1 aliphatic rings. The van der Waals surface area contributed by atoms with Crippen LogP contribution in [-0.2, 0) is 14.8 Å². The van der Waals surface area contributed by atoms with Crippen molar-refractivity contribution in [2.45, 2.75) is 24.0 Å². The molecule has 2 unspecified atom stereocenters. The van der Waals surface area contributed by atoms with E-state index in [1.807, 2.05) is 0 Å². The van der Waals surface area contributed by atoms with Crippen molar-refractivity contribution < 1.29 is 18.3 Å². The van der Waals surface area contributed by atoms with E-state index in [1.54, 1.807) is 19.1 Å². The highest BCUT2D eigenvalue weighted by molar-refractivity contribution is 9.11. The highest BCUT2D eigenvalue weighted by Gasteiger charge is 2.35. The first-order valence-corrected chi connectivity index (χ1v) is 9.29. The fourth-order valence-electron chi connectivity index (χ4n) is 2.26. The quantitative estimate of drug-likeness (QED) is 0.691. The van der Waals surface area contributed by atoms with Gasteiger partial charge < -0.3 is 15.6 Å². The van der Waals surface area contributed by atoms with Crippen LogP contribution in [0.1, 0.15) is 6.92 Å². The Morgan fingerprint density at radius 2 is 1.95 bits per heavy atom. The summed E-state index contributed by atoms with van der Waals surface area (Å²) in [6.45, 7) is 1.91. The van der Waals surface area contributed by atoms with Crippen LogP contribution in [0.25, 0.3) is 0 Å². The zero-order valence-electron chi connectivity index (χ0n) is 11.3. The Bertz CT molecular complexity index is 615. The topological polar surface area (TPSA) is 92.9 Å². The lowest BCUT2D eigenvalue weighted by molar-refractivity contribution is -0.0750. The molecule has 3 N–H and O–H groups in total. The van der Waals surface area contributed by atoms with E-state index >= 15 is 0 Å². The van der Waals surface area contributed by atoms with Crippen molar-refractivity contribution in [3.8, 4) is 0 Å². The molecule has 1 aliphatic heterocycles. The molecule has 1 saturated heterocycles. The summed E-state index contributed by atoms with van der Waals surface area (Å²) in [6.07, 6.45) is -0.799. The third-order valence-electron chi connectivity index (χ3n) is 3.11. The standard InChI is InChI=1S/C12H16Br2N2O4S/c1-7-4-16(5-9(6-17)20-7)21(18,19)12-10(13)2-8(15)3-11(12)14/h2-3,7,9,17H,4-6,15H2,1H3. The van der Waals surface area contributed by atoms with Gasteiger partial charge in [0.25, 0.3) is 0 Å². The molecule has 2 atom stereocenters. The average Bonchev–Trinajstić information content (AvgIpc) is 2.36. The van der Waals surface area contributed by atoms with Crippen LogP contribution in [-0.4, -0.2) is 49.7 Å². The molecule has 21 heavy (non-hydrogen) atoms. The van der Waals surface area contributed by atoms with E-state index in [-0.39, 0.29) is 30.7 Å². The number of anilines is 1. The van der Waals surface area contributed by atoms with E-state index in [0.717, 1.165) is 0 Å². The Balaban J connectivity index is 2.43. The van der Waals surface area contributed by atoms with E-state index in [1.165, 1.54) is 4.31 Å². The van der Waals surface area contributed by atoms with Crippen LogP contribution in [0, 0.1) is 0 Å². The average molecular weight is 444 g/mol. The second-order valence-corrected chi connectivity index (χ2v) is 8.47. The largest absolute Gasteiger partial charge is 0.399 e. The van der Waals surface area contributed by atoms with E-state index in [0.29, 0.717) is 14.6 Å². The number of sulfonamides is 1. The number of aliphatic hydroxyl groups excluding tert-OH is 1. The molecule has 1 aromatic carbocycles. The number of morpholine rings is 1. The fraction of sp³-hybridized carbons (Fsp3) is 0.500. The fourth-order valence-corrected chi connectivity index (χ4v) is 6.34. The van der Waals surface area contributed by atoms with Gasteiger partial charge in [0.2, 0.25) is 10.0 Å². The predicted molar refractivity (Wildman–Crippen MR) is 86.4 cm³/mol. The molecule has 2 rings (SSSR count). The minimum atomic E-state index is -3.72. The first-order chi connectivity index (χ1) is 9.75. The van der Waals surface area contributed by atoms with Crippen LogP contribution >= 0.6 is 31.9 Å². The monoisotopic (exact) mass is 442 g/mol. The molecule has 9 heteroatoms. The molecule has 0 amide bonds.